The Hall–Kier alpha value is -2.20. The third-order valence-electron chi connectivity index (χ3n) is 3.91. The number of benzene rings is 1. The monoisotopic (exact) mass is 313 g/mol. The summed E-state index contributed by atoms with van der Waals surface area (Å²) >= 11 is 0. The molecular weight excluding hydrogens is 290 g/mol. The van der Waals surface area contributed by atoms with Gasteiger partial charge in [0.2, 0.25) is 5.91 Å². The Morgan fingerprint density at radius 1 is 1.26 bits per heavy atom. The van der Waals surface area contributed by atoms with Gasteiger partial charge in [0.1, 0.15) is 0 Å². The molecule has 0 bridgehead atoms. The second kappa shape index (κ2) is 9.06. The van der Waals surface area contributed by atoms with Crippen LogP contribution in [0, 0.1) is 0 Å². The second-order valence-electron chi connectivity index (χ2n) is 5.65. The lowest BCUT2D eigenvalue weighted by molar-refractivity contribution is -0.134. The SMILES string of the molecule is O=C(/C=C/[C@H]1CCCC(=O)N1C/C=C\CO)Cc1ccccc1. The quantitative estimate of drug-likeness (QED) is 0.620. The number of carbonyl (C=O) groups is 2. The number of amides is 1. The van der Waals surface area contributed by atoms with Gasteiger partial charge in [0.05, 0.1) is 12.6 Å². The maximum Gasteiger partial charge on any atom is 0.223 e. The van der Waals surface area contributed by atoms with Gasteiger partial charge >= 0.3 is 0 Å². The molecule has 0 spiro atoms. The molecule has 1 heterocycles. The summed E-state index contributed by atoms with van der Waals surface area (Å²) in [7, 11) is 0. The van der Waals surface area contributed by atoms with Crippen molar-refractivity contribution in [3.63, 3.8) is 0 Å². The fourth-order valence-electron chi connectivity index (χ4n) is 2.72. The van der Waals surface area contributed by atoms with Crippen LogP contribution in [-0.2, 0) is 16.0 Å². The van der Waals surface area contributed by atoms with Gasteiger partial charge in [-0.05, 0) is 24.5 Å². The Kier molecular flexibility index (Phi) is 6.76. The highest BCUT2D eigenvalue weighted by Crippen LogP contribution is 2.19. The van der Waals surface area contributed by atoms with E-state index in [1.54, 1.807) is 23.1 Å². The van der Waals surface area contributed by atoms with Gasteiger partial charge in [-0.15, -0.1) is 0 Å². The zero-order valence-corrected chi connectivity index (χ0v) is 13.2. The molecule has 1 fully saturated rings. The van der Waals surface area contributed by atoms with Gasteiger partial charge in [-0.1, -0.05) is 48.6 Å². The average Bonchev–Trinajstić information content (AvgIpc) is 2.56. The number of rotatable bonds is 7. The normalized spacial score (nSPS) is 18.9. The van der Waals surface area contributed by atoms with Crippen LogP contribution in [0.3, 0.4) is 0 Å². The largest absolute Gasteiger partial charge is 0.392 e. The molecule has 122 valence electrons. The molecule has 0 radical (unpaired) electrons. The summed E-state index contributed by atoms with van der Waals surface area (Å²) in [6.45, 7) is 0.444. The first-order valence-corrected chi connectivity index (χ1v) is 8.01. The van der Waals surface area contributed by atoms with Crippen molar-refractivity contribution in [3.05, 3.63) is 60.2 Å². The summed E-state index contributed by atoms with van der Waals surface area (Å²) in [5.74, 6) is 0.143. The van der Waals surface area contributed by atoms with Gasteiger partial charge in [-0.25, -0.2) is 0 Å². The third-order valence-corrected chi connectivity index (χ3v) is 3.91. The number of hydrogen-bond donors (Lipinski definition) is 1. The summed E-state index contributed by atoms with van der Waals surface area (Å²) in [6, 6.07) is 9.58. The van der Waals surface area contributed by atoms with Crippen LogP contribution in [0.15, 0.2) is 54.6 Å². The van der Waals surface area contributed by atoms with Gasteiger partial charge < -0.3 is 10.0 Å². The summed E-state index contributed by atoms with van der Waals surface area (Å²) in [6.07, 6.45) is 9.50. The van der Waals surface area contributed by atoms with Crippen LogP contribution < -0.4 is 0 Å². The van der Waals surface area contributed by atoms with Crippen molar-refractivity contribution in [3.8, 4) is 0 Å². The van der Waals surface area contributed by atoms with Gasteiger partial charge in [0.15, 0.2) is 5.78 Å². The van der Waals surface area contributed by atoms with E-state index in [0.29, 0.717) is 19.4 Å². The minimum atomic E-state index is -0.0423. The van der Waals surface area contributed by atoms with E-state index in [0.717, 1.165) is 18.4 Å². The topological polar surface area (TPSA) is 57.6 Å². The van der Waals surface area contributed by atoms with Gasteiger partial charge in [0.25, 0.3) is 0 Å². The van der Waals surface area contributed by atoms with Crippen LogP contribution in [0.1, 0.15) is 24.8 Å². The first kappa shape index (κ1) is 17.2. The lowest BCUT2D eigenvalue weighted by Gasteiger charge is -2.33. The maximum absolute atomic E-state index is 12.1. The minimum absolute atomic E-state index is 0.0297. The number of allylic oxidation sites excluding steroid dienone is 1. The summed E-state index contributed by atoms with van der Waals surface area (Å²) in [5.41, 5.74) is 0.990. The molecule has 4 heteroatoms. The molecule has 4 nitrogen and oxygen atoms in total. The zero-order valence-electron chi connectivity index (χ0n) is 13.2. The van der Waals surface area contributed by atoms with Gasteiger partial charge in [-0.3, -0.25) is 9.59 Å². The first-order chi connectivity index (χ1) is 11.2. The molecule has 0 saturated carbocycles. The highest BCUT2D eigenvalue weighted by atomic mass is 16.2. The van der Waals surface area contributed by atoms with Crippen LogP contribution in [0.2, 0.25) is 0 Å². The molecule has 1 aliphatic heterocycles. The number of nitrogens with zero attached hydrogens (tertiary/aromatic N) is 1. The first-order valence-electron chi connectivity index (χ1n) is 8.01. The van der Waals surface area contributed by atoms with Crippen molar-refractivity contribution >= 4 is 11.7 Å². The molecule has 1 aromatic rings. The van der Waals surface area contributed by atoms with Crippen LogP contribution in [0.25, 0.3) is 0 Å². The highest BCUT2D eigenvalue weighted by Gasteiger charge is 2.25. The predicted octanol–water partition coefficient (Wildman–Crippen LogP) is 2.28. The number of hydrogen-bond acceptors (Lipinski definition) is 3. The van der Waals surface area contributed by atoms with E-state index in [4.69, 9.17) is 5.11 Å². The van der Waals surface area contributed by atoms with Gasteiger partial charge in [-0.2, -0.15) is 0 Å². The fraction of sp³-hybridized carbons (Fsp3) is 0.368. The minimum Gasteiger partial charge on any atom is -0.392 e. The molecule has 1 aliphatic rings. The van der Waals surface area contributed by atoms with Crippen LogP contribution in [0.5, 0.6) is 0 Å². The average molecular weight is 313 g/mol. The Morgan fingerprint density at radius 3 is 2.78 bits per heavy atom. The lowest BCUT2D eigenvalue weighted by Crippen LogP contribution is -2.42. The van der Waals surface area contributed by atoms with E-state index in [2.05, 4.69) is 0 Å². The second-order valence-corrected chi connectivity index (χ2v) is 5.65. The third kappa shape index (κ3) is 5.49. The molecule has 1 saturated heterocycles. The standard InChI is InChI=1S/C19H23NO3/c21-14-5-4-13-20-17(9-6-10-19(20)23)11-12-18(22)15-16-7-2-1-3-8-16/h1-5,7-8,11-12,17,21H,6,9-10,13-15H2/b5-4-,12-11+/t17-/m1/s1. The molecular formula is C19H23NO3. The van der Waals surface area contributed by atoms with Crippen LogP contribution >= 0.6 is 0 Å². The Labute approximate surface area is 137 Å². The molecule has 2 rings (SSSR count). The summed E-state index contributed by atoms with van der Waals surface area (Å²) in [5, 5.41) is 8.79. The van der Waals surface area contributed by atoms with Crippen LogP contribution in [0.4, 0.5) is 0 Å². The van der Waals surface area contributed by atoms with Crippen molar-refractivity contribution in [2.75, 3.05) is 13.2 Å². The maximum atomic E-state index is 12.1. The molecule has 1 N–H and O–H groups in total. The number of likely N-dealkylation sites (tertiary alicyclic amines) is 1. The van der Waals surface area contributed by atoms with Crippen LogP contribution in [-0.4, -0.2) is 40.9 Å². The number of aliphatic hydroxyl groups excluding tert-OH is 1. The van der Waals surface area contributed by atoms with E-state index in [1.165, 1.54) is 0 Å². The van der Waals surface area contributed by atoms with E-state index in [1.807, 2.05) is 36.4 Å². The fourth-order valence-corrected chi connectivity index (χ4v) is 2.72. The molecule has 1 aromatic carbocycles. The number of piperidine rings is 1. The number of carbonyl (C=O) groups excluding carboxylic acids is 2. The van der Waals surface area contributed by atoms with E-state index >= 15 is 0 Å². The Bertz CT molecular complexity index is 578. The lowest BCUT2D eigenvalue weighted by atomic mass is 10.00. The summed E-state index contributed by atoms with van der Waals surface area (Å²) in [4.78, 5) is 25.9. The Morgan fingerprint density at radius 2 is 2.04 bits per heavy atom. The van der Waals surface area contributed by atoms with E-state index in [9.17, 15) is 9.59 Å². The van der Waals surface area contributed by atoms with Gasteiger partial charge in [0, 0.05) is 19.4 Å². The van der Waals surface area contributed by atoms with Crippen molar-refractivity contribution in [2.24, 2.45) is 0 Å². The highest BCUT2D eigenvalue weighted by molar-refractivity contribution is 5.91. The molecule has 23 heavy (non-hydrogen) atoms. The van der Waals surface area contributed by atoms with Crippen molar-refractivity contribution in [1.29, 1.82) is 0 Å². The number of ketones is 1. The molecule has 1 amide bonds. The molecule has 0 aliphatic carbocycles. The van der Waals surface area contributed by atoms with Crippen molar-refractivity contribution in [2.45, 2.75) is 31.7 Å². The van der Waals surface area contributed by atoms with Crippen molar-refractivity contribution < 1.29 is 14.7 Å². The van der Waals surface area contributed by atoms with E-state index in [-0.39, 0.29) is 24.3 Å². The van der Waals surface area contributed by atoms with E-state index < -0.39 is 0 Å². The molecule has 0 unspecified atom stereocenters. The smallest absolute Gasteiger partial charge is 0.223 e. The zero-order chi connectivity index (χ0) is 16.5. The summed E-state index contributed by atoms with van der Waals surface area (Å²) < 4.78 is 0. The molecule has 1 atom stereocenters. The predicted molar refractivity (Wildman–Crippen MR) is 89.9 cm³/mol. The Balaban J connectivity index is 1.96. The molecule has 0 aromatic heterocycles. The number of aliphatic hydroxyl groups is 1. The van der Waals surface area contributed by atoms with Crippen molar-refractivity contribution in [1.82, 2.24) is 4.90 Å².